The van der Waals surface area contributed by atoms with Crippen LogP contribution in [0.5, 0.6) is 0 Å². The maximum Gasteiger partial charge on any atom is 0.0480 e. The molecule has 0 radical (unpaired) electrons. The lowest BCUT2D eigenvalue weighted by Crippen LogP contribution is -2.49. The average Bonchev–Trinajstić information content (AvgIpc) is 2.23. The van der Waals surface area contributed by atoms with Gasteiger partial charge in [0.15, 0.2) is 0 Å². The summed E-state index contributed by atoms with van der Waals surface area (Å²) >= 11 is 0. The van der Waals surface area contributed by atoms with Crippen molar-refractivity contribution in [2.24, 2.45) is 5.41 Å². The quantitative estimate of drug-likeness (QED) is 0.717. The highest BCUT2D eigenvalue weighted by Gasteiger charge is 2.36. The van der Waals surface area contributed by atoms with E-state index in [1.807, 2.05) is 0 Å². The molecule has 0 atom stereocenters. The molecule has 2 fully saturated rings. The van der Waals surface area contributed by atoms with Crippen molar-refractivity contribution < 1.29 is 4.74 Å². The van der Waals surface area contributed by atoms with E-state index in [0.29, 0.717) is 11.5 Å². The van der Waals surface area contributed by atoms with E-state index in [-0.39, 0.29) is 0 Å². The summed E-state index contributed by atoms with van der Waals surface area (Å²) in [5.41, 5.74) is 0.563. The molecule has 0 spiro atoms. The van der Waals surface area contributed by atoms with Crippen molar-refractivity contribution in [3.05, 3.63) is 0 Å². The molecule has 3 nitrogen and oxygen atoms in total. The van der Waals surface area contributed by atoms with Crippen molar-refractivity contribution in [3.63, 3.8) is 0 Å². The summed E-state index contributed by atoms with van der Waals surface area (Å²) in [5, 5.41) is 7.06. The van der Waals surface area contributed by atoms with E-state index < -0.39 is 0 Å². The number of ether oxygens (including phenoxy) is 1. The predicted molar refractivity (Wildman–Crippen MR) is 62.1 cm³/mol. The highest BCUT2D eigenvalue weighted by atomic mass is 16.5. The third kappa shape index (κ3) is 2.92. The van der Waals surface area contributed by atoms with Gasteiger partial charge in [-0.05, 0) is 38.1 Å². The summed E-state index contributed by atoms with van der Waals surface area (Å²) in [6.45, 7) is 4.25. The lowest BCUT2D eigenvalue weighted by atomic mass is 9.68. The molecule has 0 aromatic rings. The molecule has 0 aromatic heterocycles. The second-order valence-electron chi connectivity index (χ2n) is 5.15. The zero-order valence-corrected chi connectivity index (χ0v) is 9.85. The topological polar surface area (TPSA) is 33.3 Å². The van der Waals surface area contributed by atoms with Crippen LogP contribution >= 0.6 is 0 Å². The van der Waals surface area contributed by atoms with Gasteiger partial charge in [0, 0.05) is 32.3 Å². The van der Waals surface area contributed by atoms with Crippen molar-refractivity contribution in [1.29, 1.82) is 0 Å². The van der Waals surface area contributed by atoms with Gasteiger partial charge < -0.3 is 15.4 Å². The largest absolute Gasteiger partial charge is 0.381 e. The Balaban J connectivity index is 1.70. The molecule has 1 aliphatic heterocycles. The molecule has 1 saturated carbocycles. The van der Waals surface area contributed by atoms with E-state index in [1.165, 1.54) is 45.2 Å². The van der Waals surface area contributed by atoms with Crippen molar-refractivity contribution in [1.82, 2.24) is 10.6 Å². The van der Waals surface area contributed by atoms with Crippen LogP contribution in [0.2, 0.25) is 0 Å². The van der Waals surface area contributed by atoms with Gasteiger partial charge in [-0.15, -0.1) is 0 Å². The standard InChI is InChI=1S/C12H24N2O/c1-13-9-12(5-2-6-12)10-14-11-3-7-15-8-4-11/h11,13-14H,2-10H2,1H3. The van der Waals surface area contributed by atoms with Crippen LogP contribution in [0.1, 0.15) is 32.1 Å². The molecular weight excluding hydrogens is 188 g/mol. The van der Waals surface area contributed by atoms with Gasteiger partial charge in [-0.2, -0.15) is 0 Å². The summed E-state index contributed by atoms with van der Waals surface area (Å²) in [4.78, 5) is 0. The molecule has 2 aliphatic rings. The smallest absolute Gasteiger partial charge is 0.0480 e. The second-order valence-corrected chi connectivity index (χ2v) is 5.15. The van der Waals surface area contributed by atoms with E-state index in [2.05, 4.69) is 17.7 Å². The first-order valence-corrected chi connectivity index (χ1v) is 6.30. The SMILES string of the molecule is CNCC1(CNC2CCOCC2)CCC1. The molecular formula is C12H24N2O. The third-order valence-electron chi connectivity index (χ3n) is 3.95. The fraction of sp³-hybridized carbons (Fsp3) is 1.00. The van der Waals surface area contributed by atoms with Crippen molar-refractivity contribution in [3.8, 4) is 0 Å². The van der Waals surface area contributed by atoms with Gasteiger partial charge in [-0.25, -0.2) is 0 Å². The van der Waals surface area contributed by atoms with Gasteiger partial charge in [0.1, 0.15) is 0 Å². The summed E-state index contributed by atoms with van der Waals surface area (Å²) < 4.78 is 5.37. The minimum absolute atomic E-state index is 0.563. The monoisotopic (exact) mass is 212 g/mol. The van der Waals surface area contributed by atoms with E-state index in [9.17, 15) is 0 Å². The van der Waals surface area contributed by atoms with Gasteiger partial charge in [0.25, 0.3) is 0 Å². The molecule has 15 heavy (non-hydrogen) atoms. The van der Waals surface area contributed by atoms with Crippen LogP contribution < -0.4 is 10.6 Å². The first kappa shape index (κ1) is 11.4. The first-order valence-electron chi connectivity index (χ1n) is 6.30. The van der Waals surface area contributed by atoms with Crippen LogP contribution in [-0.4, -0.2) is 39.4 Å². The number of hydrogen-bond acceptors (Lipinski definition) is 3. The molecule has 88 valence electrons. The van der Waals surface area contributed by atoms with Gasteiger partial charge in [-0.1, -0.05) is 6.42 Å². The van der Waals surface area contributed by atoms with E-state index in [4.69, 9.17) is 4.74 Å². The summed E-state index contributed by atoms with van der Waals surface area (Å²) in [7, 11) is 2.06. The molecule has 0 amide bonds. The zero-order chi connectivity index (χ0) is 10.6. The second kappa shape index (κ2) is 5.28. The Morgan fingerprint density at radius 2 is 1.93 bits per heavy atom. The fourth-order valence-corrected chi connectivity index (χ4v) is 2.73. The van der Waals surface area contributed by atoms with Crippen LogP contribution in [0.4, 0.5) is 0 Å². The van der Waals surface area contributed by atoms with Gasteiger partial charge >= 0.3 is 0 Å². The minimum atomic E-state index is 0.563. The molecule has 0 aromatic carbocycles. The highest BCUT2D eigenvalue weighted by molar-refractivity contribution is 4.92. The summed E-state index contributed by atoms with van der Waals surface area (Å²) in [6, 6.07) is 0.702. The molecule has 2 rings (SSSR count). The molecule has 2 N–H and O–H groups in total. The maximum atomic E-state index is 5.37. The van der Waals surface area contributed by atoms with Crippen LogP contribution in [0.3, 0.4) is 0 Å². The zero-order valence-electron chi connectivity index (χ0n) is 9.85. The Kier molecular flexibility index (Phi) is 4.00. The van der Waals surface area contributed by atoms with E-state index in [1.54, 1.807) is 0 Å². The van der Waals surface area contributed by atoms with Crippen LogP contribution in [0, 0.1) is 5.41 Å². The predicted octanol–water partition coefficient (Wildman–Crippen LogP) is 1.14. The summed E-state index contributed by atoms with van der Waals surface area (Å²) in [6.07, 6.45) is 6.58. The van der Waals surface area contributed by atoms with Crippen molar-refractivity contribution in [2.75, 3.05) is 33.4 Å². The molecule has 1 aliphatic carbocycles. The maximum absolute atomic E-state index is 5.37. The number of rotatable bonds is 5. The molecule has 1 saturated heterocycles. The Hall–Kier alpha value is -0.120. The summed E-state index contributed by atoms with van der Waals surface area (Å²) in [5.74, 6) is 0. The molecule has 0 unspecified atom stereocenters. The lowest BCUT2D eigenvalue weighted by molar-refractivity contribution is 0.0651. The van der Waals surface area contributed by atoms with Crippen molar-refractivity contribution >= 4 is 0 Å². The van der Waals surface area contributed by atoms with E-state index in [0.717, 1.165) is 13.2 Å². The fourth-order valence-electron chi connectivity index (χ4n) is 2.73. The average molecular weight is 212 g/mol. The van der Waals surface area contributed by atoms with Crippen molar-refractivity contribution in [2.45, 2.75) is 38.1 Å². The Morgan fingerprint density at radius 3 is 2.47 bits per heavy atom. The molecule has 1 heterocycles. The normalized spacial score (nSPS) is 26.2. The van der Waals surface area contributed by atoms with Crippen LogP contribution in [0.15, 0.2) is 0 Å². The van der Waals surface area contributed by atoms with Gasteiger partial charge in [0.05, 0.1) is 0 Å². The first-order chi connectivity index (χ1) is 7.35. The Morgan fingerprint density at radius 1 is 1.20 bits per heavy atom. The highest BCUT2D eigenvalue weighted by Crippen LogP contribution is 2.39. The Labute approximate surface area is 93.0 Å². The molecule has 3 heteroatoms. The van der Waals surface area contributed by atoms with Gasteiger partial charge in [-0.3, -0.25) is 0 Å². The lowest BCUT2D eigenvalue weighted by Gasteiger charge is -2.43. The number of hydrogen-bond donors (Lipinski definition) is 2. The molecule has 0 bridgehead atoms. The van der Waals surface area contributed by atoms with E-state index >= 15 is 0 Å². The Bertz CT molecular complexity index is 186. The van der Waals surface area contributed by atoms with Gasteiger partial charge in [0.2, 0.25) is 0 Å². The van der Waals surface area contributed by atoms with Crippen LogP contribution in [0.25, 0.3) is 0 Å². The third-order valence-corrected chi connectivity index (χ3v) is 3.95. The minimum Gasteiger partial charge on any atom is -0.381 e. The van der Waals surface area contributed by atoms with Crippen LogP contribution in [-0.2, 0) is 4.74 Å². The number of nitrogens with one attached hydrogen (secondary N) is 2.